The van der Waals surface area contributed by atoms with E-state index < -0.39 is 0 Å². The number of aromatic nitrogens is 3. The second-order valence-electron chi connectivity index (χ2n) is 8.76. The van der Waals surface area contributed by atoms with Crippen LogP contribution in [0.3, 0.4) is 0 Å². The summed E-state index contributed by atoms with van der Waals surface area (Å²) in [6, 6.07) is 14.4. The number of aryl methyl sites for hydroxylation is 1. The normalized spacial score (nSPS) is 15.1. The average molecular weight is 458 g/mol. The van der Waals surface area contributed by atoms with Crippen molar-refractivity contribution in [3.63, 3.8) is 0 Å². The second-order valence-corrected chi connectivity index (χ2v) is 8.76. The summed E-state index contributed by atoms with van der Waals surface area (Å²) < 4.78 is 2.17. The predicted octanol–water partition coefficient (Wildman–Crippen LogP) is 2.82. The fraction of sp³-hybridized carbons (Fsp3) is 0.346. The first-order chi connectivity index (χ1) is 16.6. The molecule has 0 atom stereocenters. The standard InChI is InChI=1S/C26H27N5O3/c32-24(27-14-12-23-29-28-22-9-5-2-6-15-30(22)23)19-10-11-20-21(17-19)26(34)31(25(20)33)16-13-18-7-3-1-4-8-18/h1,3-4,7-8,10-11,17H,2,5-6,9,12-16H2,(H,27,32). The number of fused-ring (bicyclic) bond motifs is 2. The molecule has 0 saturated carbocycles. The van der Waals surface area contributed by atoms with E-state index >= 15 is 0 Å². The second kappa shape index (κ2) is 9.59. The lowest BCUT2D eigenvalue weighted by molar-refractivity contribution is 0.0656. The zero-order valence-electron chi connectivity index (χ0n) is 19.0. The van der Waals surface area contributed by atoms with E-state index in [4.69, 9.17) is 0 Å². The van der Waals surface area contributed by atoms with E-state index in [1.807, 2.05) is 30.3 Å². The maximum absolute atomic E-state index is 12.9. The van der Waals surface area contributed by atoms with Crippen molar-refractivity contribution in [1.29, 1.82) is 0 Å². The largest absolute Gasteiger partial charge is 0.352 e. The Morgan fingerprint density at radius 3 is 2.59 bits per heavy atom. The molecule has 0 unspecified atom stereocenters. The third-order valence-electron chi connectivity index (χ3n) is 6.52. The molecule has 8 nitrogen and oxygen atoms in total. The summed E-state index contributed by atoms with van der Waals surface area (Å²) in [4.78, 5) is 39.6. The monoisotopic (exact) mass is 457 g/mol. The van der Waals surface area contributed by atoms with Gasteiger partial charge in [-0.25, -0.2) is 0 Å². The maximum Gasteiger partial charge on any atom is 0.261 e. The predicted molar refractivity (Wildman–Crippen MR) is 126 cm³/mol. The van der Waals surface area contributed by atoms with Crippen molar-refractivity contribution in [3.05, 3.63) is 82.4 Å². The summed E-state index contributed by atoms with van der Waals surface area (Å²) in [5.74, 6) is 0.979. The summed E-state index contributed by atoms with van der Waals surface area (Å²) in [5.41, 5.74) is 2.06. The smallest absolute Gasteiger partial charge is 0.261 e. The number of benzene rings is 2. The van der Waals surface area contributed by atoms with Gasteiger partial charge in [-0.3, -0.25) is 19.3 Å². The molecule has 1 aromatic heterocycles. The van der Waals surface area contributed by atoms with Crippen molar-refractivity contribution in [1.82, 2.24) is 25.0 Å². The topological polar surface area (TPSA) is 97.2 Å². The Hall–Kier alpha value is -3.81. The molecule has 1 N–H and O–H groups in total. The van der Waals surface area contributed by atoms with Crippen molar-refractivity contribution in [3.8, 4) is 0 Å². The summed E-state index contributed by atoms with van der Waals surface area (Å²) >= 11 is 0. The van der Waals surface area contributed by atoms with Gasteiger partial charge >= 0.3 is 0 Å². The highest BCUT2D eigenvalue weighted by atomic mass is 16.2. The summed E-state index contributed by atoms with van der Waals surface area (Å²) in [7, 11) is 0. The van der Waals surface area contributed by atoms with Gasteiger partial charge in [0.2, 0.25) is 0 Å². The number of carbonyl (C=O) groups excluding carboxylic acids is 3. The Kier molecular flexibility index (Phi) is 6.20. The minimum atomic E-state index is -0.350. The lowest BCUT2D eigenvalue weighted by Crippen LogP contribution is -2.31. The number of hydrogen-bond donors (Lipinski definition) is 1. The molecule has 2 aliphatic rings. The minimum Gasteiger partial charge on any atom is -0.352 e. The number of nitrogens with one attached hydrogen (secondary N) is 1. The van der Waals surface area contributed by atoms with Crippen molar-refractivity contribution in [2.75, 3.05) is 13.1 Å². The van der Waals surface area contributed by atoms with Crippen molar-refractivity contribution in [2.24, 2.45) is 0 Å². The lowest BCUT2D eigenvalue weighted by atomic mass is 10.1. The van der Waals surface area contributed by atoms with Crippen LogP contribution in [0.15, 0.2) is 48.5 Å². The minimum absolute atomic E-state index is 0.276. The highest BCUT2D eigenvalue weighted by Gasteiger charge is 2.35. The highest BCUT2D eigenvalue weighted by molar-refractivity contribution is 6.22. The first-order valence-electron chi connectivity index (χ1n) is 11.8. The molecule has 0 radical (unpaired) electrons. The van der Waals surface area contributed by atoms with Gasteiger partial charge in [-0.15, -0.1) is 10.2 Å². The molecule has 0 spiro atoms. The summed E-state index contributed by atoms with van der Waals surface area (Å²) in [6.07, 6.45) is 5.58. The van der Waals surface area contributed by atoms with Crippen LogP contribution in [0, 0.1) is 0 Å². The van der Waals surface area contributed by atoms with Gasteiger partial charge in [-0.05, 0) is 43.0 Å². The van der Waals surface area contributed by atoms with Gasteiger partial charge in [0.15, 0.2) is 0 Å². The molecule has 34 heavy (non-hydrogen) atoms. The van der Waals surface area contributed by atoms with Crippen LogP contribution in [0.4, 0.5) is 0 Å². The molecule has 5 rings (SSSR count). The average Bonchev–Trinajstić information content (AvgIpc) is 3.23. The molecule has 3 heterocycles. The summed E-state index contributed by atoms with van der Waals surface area (Å²) in [5, 5.41) is 11.5. The van der Waals surface area contributed by atoms with Gasteiger partial charge in [-0.2, -0.15) is 0 Å². The van der Waals surface area contributed by atoms with E-state index in [0.717, 1.165) is 43.0 Å². The number of rotatable bonds is 7. The first-order valence-corrected chi connectivity index (χ1v) is 11.8. The van der Waals surface area contributed by atoms with Crippen LogP contribution in [0.25, 0.3) is 0 Å². The zero-order chi connectivity index (χ0) is 23.5. The molecule has 3 amide bonds. The van der Waals surface area contributed by atoms with Gasteiger partial charge in [0.1, 0.15) is 11.6 Å². The van der Waals surface area contributed by atoms with E-state index in [1.54, 1.807) is 12.1 Å². The SMILES string of the molecule is O=C(NCCc1nnc2n1CCCCC2)c1ccc2c(c1)C(=O)N(CCc1ccccc1)C2=O. The van der Waals surface area contributed by atoms with Crippen molar-refractivity contribution >= 4 is 17.7 Å². The fourth-order valence-corrected chi connectivity index (χ4v) is 4.64. The molecule has 174 valence electrons. The molecule has 2 aromatic carbocycles. The molecule has 0 saturated heterocycles. The Morgan fingerprint density at radius 2 is 1.74 bits per heavy atom. The van der Waals surface area contributed by atoms with Crippen LogP contribution in [0.5, 0.6) is 0 Å². The van der Waals surface area contributed by atoms with Gasteiger partial charge < -0.3 is 9.88 Å². The van der Waals surface area contributed by atoms with E-state index in [9.17, 15) is 14.4 Å². The molecular formula is C26H27N5O3. The third kappa shape index (κ3) is 4.35. The van der Waals surface area contributed by atoms with E-state index in [1.165, 1.54) is 17.4 Å². The van der Waals surface area contributed by atoms with Crippen LogP contribution >= 0.6 is 0 Å². The van der Waals surface area contributed by atoms with E-state index in [-0.39, 0.29) is 23.3 Å². The van der Waals surface area contributed by atoms with Gasteiger partial charge in [0.25, 0.3) is 17.7 Å². The van der Waals surface area contributed by atoms with Gasteiger partial charge in [-0.1, -0.05) is 36.8 Å². The molecular weight excluding hydrogens is 430 g/mol. The molecule has 3 aromatic rings. The molecule has 0 bridgehead atoms. The van der Waals surface area contributed by atoms with Crippen LogP contribution < -0.4 is 5.32 Å². The Labute approximate surface area is 198 Å². The molecule has 0 aliphatic carbocycles. The summed E-state index contributed by atoms with van der Waals surface area (Å²) in [6.45, 7) is 1.65. The fourth-order valence-electron chi connectivity index (χ4n) is 4.64. The Morgan fingerprint density at radius 1 is 0.912 bits per heavy atom. The lowest BCUT2D eigenvalue weighted by Gasteiger charge is -2.13. The maximum atomic E-state index is 12.9. The quantitative estimate of drug-likeness (QED) is 0.551. The molecule has 8 heteroatoms. The van der Waals surface area contributed by atoms with Gasteiger partial charge in [0, 0.05) is 38.0 Å². The number of hydrogen-bond acceptors (Lipinski definition) is 5. The van der Waals surface area contributed by atoms with Crippen LogP contribution in [-0.2, 0) is 25.8 Å². The molecule has 2 aliphatic heterocycles. The van der Waals surface area contributed by atoms with E-state index in [0.29, 0.717) is 37.1 Å². The Bertz CT molecular complexity index is 1230. The van der Waals surface area contributed by atoms with Gasteiger partial charge in [0.05, 0.1) is 11.1 Å². The molecule has 0 fully saturated rings. The van der Waals surface area contributed by atoms with Crippen LogP contribution in [-0.4, -0.2) is 50.5 Å². The number of imide groups is 1. The van der Waals surface area contributed by atoms with Crippen LogP contribution in [0.1, 0.15) is 67.5 Å². The third-order valence-corrected chi connectivity index (χ3v) is 6.52. The first kappa shape index (κ1) is 22.0. The number of amides is 3. The van der Waals surface area contributed by atoms with Crippen molar-refractivity contribution in [2.45, 2.75) is 45.1 Å². The van der Waals surface area contributed by atoms with Crippen molar-refractivity contribution < 1.29 is 14.4 Å². The number of carbonyl (C=O) groups is 3. The van der Waals surface area contributed by atoms with Crippen LogP contribution in [0.2, 0.25) is 0 Å². The van der Waals surface area contributed by atoms with E-state index in [2.05, 4.69) is 20.1 Å². The number of nitrogens with zero attached hydrogens (tertiary/aromatic N) is 4. The zero-order valence-corrected chi connectivity index (χ0v) is 19.0. The Balaban J connectivity index is 1.21. The highest BCUT2D eigenvalue weighted by Crippen LogP contribution is 2.24.